The highest BCUT2D eigenvalue weighted by Gasteiger charge is 2.24. The minimum absolute atomic E-state index is 0.204. The first-order valence-electron chi connectivity index (χ1n) is 7.01. The molecule has 0 aliphatic carbocycles. The van der Waals surface area contributed by atoms with E-state index in [9.17, 15) is 9.59 Å². The molecule has 0 bridgehead atoms. The van der Waals surface area contributed by atoms with E-state index in [2.05, 4.69) is 0 Å². The number of amides is 1. The number of carbonyl (C=O) groups excluding carboxylic acids is 1. The highest BCUT2D eigenvalue weighted by Crippen LogP contribution is 2.14. The summed E-state index contributed by atoms with van der Waals surface area (Å²) in [6.45, 7) is 7.37. The van der Waals surface area contributed by atoms with Crippen molar-refractivity contribution in [3.05, 3.63) is 21.7 Å². The quantitative estimate of drug-likeness (QED) is 0.826. The Morgan fingerprint density at radius 2 is 1.89 bits per heavy atom. The van der Waals surface area contributed by atoms with Gasteiger partial charge in [-0.05, 0) is 38.5 Å². The van der Waals surface area contributed by atoms with Crippen molar-refractivity contribution in [1.82, 2.24) is 9.64 Å². The fourth-order valence-corrected chi connectivity index (χ4v) is 2.51. The smallest absolute Gasteiger partial charge is 0.327 e. The van der Waals surface area contributed by atoms with Crippen molar-refractivity contribution in [2.45, 2.75) is 46.5 Å². The second-order valence-electron chi connectivity index (χ2n) is 5.67. The molecule has 0 radical (unpaired) electrons. The van der Waals surface area contributed by atoms with Gasteiger partial charge < -0.3 is 9.42 Å². The van der Waals surface area contributed by atoms with E-state index in [1.807, 2.05) is 13.8 Å². The van der Waals surface area contributed by atoms with E-state index in [-0.39, 0.29) is 11.7 Å². The Morgan fingerprint density at radius 3 is 2.47 bits per heavy atom. The van der Waals surface area contributed by atoms with Gasteiger partial charge in [0.05, 0.1) is 11.3 Å². The van der Waals surface area contributed by atoms with Crippen LogP contribution in [0.2, 0.25) is 0 Å². The molecule has 19 heavy (non-hydrogen) atoms. The molecular weight excluding hydrogens is 244 g/mol. The Kier molecular flexibility index (Phi) is 4.12. The maximum atomic E-state index is 12.3. The molecule has 0 aromatic carbocycles. The van der Waals surface area contributed by atoms with Crippen LogP contribution in [-0.2, 0) is 6.42 Å². The first-order chi connectivity index (χ1) is 9.00. The number of likely N-dealkylation sites (tertiary alicyclic amines) is 1. The Labute approximate surface area is 113 Å². The molecule has 5 heteroatoms. The molecule has 1 aliphatic rings. The summed E-state index contributed by atoms with van der Waals surface area (Å²) in [5.74, 6) is 0.363. The van der Waals surface area contributed by atoms with Crippen molar-refractivity contribution in [2.75, 3.05) is 13.1 Å². The van der Waals surface area contributed by atoms with E-state index in [1.54, 1.807) is 11.8 Å². The third-order valence-electron chi connectivity index (χ3n) is 3.57. The molecule has 1 aliphatic heterocycles. The Morgan fingerprint density at radius 1 is 1.26 bits per heavy atom. The summed E-state index contributed by atoms with van der Waals surface area (Å²) in [6, 6.07) is -0.204. The summed E-state index contributed by atoms with van der Waals surface area (Å²) in [5, 5.41) is 0. The number of aromatic nitrogens is 1. The molecule has 1 amide bonds. The number of piperidine rings is 1. The van der Waals surface area contributed by atoms with Gasteiger partial charge in [-0.2, -0.15) is 0 Å². The molecule has 0 spiro atoms. The molecule has 0 N–H and O–H groups in total. The third kappa shape index (κ3) is 2.91. The molecule has 1 fully saturated rings. The lowest BCUT2D eigenvalue weighted by Crippen LogP contribution is -2.38. The van der Waals surface area contributed by atoms with E-state index in [1.165, 1.54) is 4.74 Å². The van der Waals surface area contributed by atoms with Gasteiger partial charge in [0.15, 0.2) is 0 Å². The molecule has 2 heterocycles. The molecule has 0 atom stereocenters. The van der Waals surface area contributed by atoms with Gasteiger partial charge in [-0.3, -0.25) is 0 Å². The second-order valence-corrected chi connectivity index (χ2v) is 5.67. The largest absolute Gasteiger partial charge is 0.361 e. The normalized spacial score (nSPS) is 16.1. The molecule has 1 saturated heterocycles. The standard InChI is InChI=1S/C14H22N2O3/c1-10(2)9-12-11(3)16(19-13(12)17)14(18)15-7-5-4-6-8-15/h10H,4-9H2,1-3H3. The molecule has 1 aromatic heterocycles. The summed E-state index contributed by atoms with van der Waals surface area (Å²) in [5.41, 5.74) is 0.895. The van der Waals surface area contributed by atoms with Crippen molar-refractivity contribution in [1.29, 1.82) is 0 Å². The maximum Gasteiger partial charge on any atom is 0.361 e. The summed E-state index contributed by atoms with van der Waals surface area (Å²) in [7, 11) is 0. The topological polar surface area (TPSA) is 55.5 Å². The van der Waals surface area contributed by atoms with Gasteiger partial charge in [0, 0.05) is 13.1 Å². The van der Waals surface area contributed by atoms with Crippen LogP contribution in [0.4, 0.5) is 4.79 Å². The Hall–Kier alpha value is -1.52. The van der Waals surface area contributed by atoms with Crippen LogP contribution in [0.5, 0.6) is 0 Å². The fourth-order valence-electron chi connectivity index (χ4n) is 2.51. The third-order valence-corrected chi connectivity index (χ3v) is 3.57. The number of nitrogens with zero attached hydrogens (tertiary/aromatic N) is 2. The predicted molar refractivity (Wildman–Crippen MR) is 72.5 cm³/mol. The van der Waals surface area contributed by atoms with Crippen molar-refractivity contribution < 1.29 is 9.32 Å². The van der Waals surface area contributed by atoms with Gasteiger partial charge in [0.25, 0.3) is 0 Å². The number of carbonyl (C=O) groups is 1. The van der Waals surface area contributed by atoms with Crippen LogP contribution in [0.3, 0.4) is 0 Å². The van der Waals surface area contributed by atoms with Gasteiger partial charge >= 0.3 is 11.7 Å². The molecule has 0 saturated carbocycles. The summed E-state index contributed by atoms with van der Waals surface area (Å²) in [6.07, 6.45) is 3.86. The fraction of sp³-hybridized carbons (Fsp3) is 0.714. The van der Waals surface area contributed by atoms with Crippen LogP contribution < -0.4 is 5.63 Å². The lowest BCUT2D eigenvalue weighted by Gasteiger charge is -2.26. The van der Waals surface area contributed by atoms with Crippen LogP contribution in [0.1, 0.15) is 44.4 Å². The van der Waals surface area contributed by atoms with Gasteiger partial charge in [-0.1, -0.05) is 13.8 Å². The first kappa shape index (κ1) is 13.9. The highest BCUT2D eigenvalue weighted by molar-refractivity contribution is 5.76. The predicted octanol–water partition coefficient (Wildman–Crippen LogP) is 2.40. The van der Waals surface area contributed by atoms with Crippen molar-refractivity contribution in [3.63, 3.8) is 0 Å². The zero-order valence-corrected chi connectivity index (χ0v) is 11.9. The van der Waals surface area contributed by atoms with E-state index in [0.29, 0.717) is 23.6 Å². The molecule has 5 nitrogen and oxygen atoms in total. The zero-order chi connectivity index (χ0) is 14.0. The van der Waals surface area contributed by atoms with Crippen molar-refractivity contribution in [3.8, 4) is 0 Å². The van der Waals surface area contributed by atoms with E-state index in [4.69, 9.17) is 4.52 Å². The maximum absolute atomic E-state index is 12.3. The van der Waals surface area contributed by atoms with E-state index < -0.39 is 0 Å². The van der Waals surface area contributed by atoms with Gasteiger partial charge in [-0.25, -0.2) is 9.59 Å². The first-order valence-corrected chi connectivity index (χ1v) is 7.01. The molecule has 0 unspecified atom stereocenters. The zero-order valence-electron chi connectivity index (χ0n) is 11.9. The number of hydrogen-bond acceptors (Lipinski definition) is 3. The highest BCUT2D eigenvalue weighted by atomic mass is 16.5. The van der Waals surface area contributed by atoms with Crippen LogP contribution in [0.15, 0.2) is 9.32 Å². The average molecular weight is 266 g/mol. The lowest BCUT2D eigenvalue weighted by molar-refractivity contribution is 0.155. The van der Waals surface area contributed by atoms with Crippen LogP contribution in [0.25, 0.3) is 0 Å². The van der Waals surface area contributed by atoms with E-state index in [0.717, 1.165) is 32.4 Å². The van der Waals surface area contributed by atoms with E-state index >= 15 is 0 Å². The Bertz CT molecular complexity index is 507. The van der Waals surface area contributed by atoms with Crippen LogP contribution in [-0.4, -0.2) is 28.8 Å². The van der Waals surface area contributed by atoms with Crippen LogP contribution in [0, 0.1) is 12.8 Å². The summed E-state index contributed by atoms with van der Waals surface area (Å²) in [4.78, 5) is 25.9. The minimum Gasteiger partial charge on any atom is -0.327 e. The minimum atomic E-state index is -0.378. The monoisotopic (exact) mass is 266 g/mol. The molecule has 1 aromatic rings. The average Bonchev–Trinajstić information content (AvgIpc) is 2.66. The van der Waals surface area contributed by atoms with Gasteiger partial charge in [0.2, 0.25) is 0 Å². The molecule has 106 valence electrons. The Balaban J connectivity index is 2.25. The second kappa shape index (κ2) is 5.63. The number of hydrogen-bond donors (Lipinski definition) is 0. The van der Waals surface area contributed by atoms with Crippen molar-refractivity contribution in [2.24, 2.45) is 5.92 Å². The SMILES string of the molecule is Cc1c(CC(C)C)c(=O)on1C(=O)N1CCCCC1. The lowest BCUT2D eigenvalue weighted by atomic mass is 10.0. The molecular formula is C14H22N2O3. The summed E-state index contributed by atoms with van der Waals surface area (Å²) >= 11 is 0. The number of rotatable bonds is 2. The molecule has 2 rings (SSSR count). The van der Waals surface area contributed by atoms with Crippen LogP contribution >= 0.6 is 0 Å². The van der Waals surface area contributed by atoms with Gasteiger partial charge in [-0.15, -0.1) is 4.74 Å². The van der Waals surface area contributed by atoms with Gasteiger partial charge in [0.1, 0.15) is 0 Å². The summed E-state index contributed by atoms with van der Waals surface area (Å²) < 4.78 is 6.30. The van der Waals surface area contributed by atoms with Crippen molar-refractivity contribution >= 4 is 6.03 Å².